The molecule has 1 fully saturated rings. The van der Waals surface area contributed by atoms with Gasteiger partial charge in [0.1, 0.15) is 24.3 Å². The lowest BCUT2D eigenvalue weighted by molar-refractivity contribution is -0.210. The van der Waals surface area contributed by atoms with Gasteiger partial charge in [0.25, 0.3) is 0 Å². The fourth-order valence-corrected chi connectivity index (χ4v) is 5.46. The normalized spacial score (nSPS) is 20.1. The first-order chi connectivity index (χ1) is 18.5. The number of halogens is 3. The van der Waals surface area contributed by atoms with Gasteiger partial charge in [-0.1, -0.05) is 12.1 Å². The Morgan fingerprint density at radius 1 is 1.10 bits per heavy atom. The lowest BCUT2D eigenvalue weighted by atomic mass is 9.97. The average Bonchev–Trinajstić information content (AvgIpc) is 3.48. The fraction of sp³-hybridized carbons (Fsp3) is 0.464. The average molecular weight is 544 g/mol. The van der Waals surface area contributed by atoms with Gasteiger partial charge < -0.3 is 24.5 Å². The number of hydrogen-bond donors (Lipinski definition) is 2. The van der Waals surface area contributed by atoms with Gasteiger partial charge in [-0.15, -0.1) is 0 Å². The summed E-state index contributed by atoms with van der Waals surface area (Å²) in [5.74, 6) is -0.251. The van der Waals surface area contributed by atoms with Crippen molar-refractivity contribution in [1.29, 1.82) is 0 Å². The van der Waals surface area contributed by atoms with Crippen molar-refractivity contribution in [3.05, 3.63) is 54.5 Å². The van der Waals surface area contributed by atoms with Crippen LogP contribution in [-0.2, 0) is 11.2 Å². The maximum absolute atomic E-state index is 12.6. The molecule has 3 atom stereocenters. The summed E-state index contributed by atoms with van der Waals surface area (Å²) < 4.78 is 51.3. The molecular weight excluding hydrogens is 511 g/mol. The Morgan fingerprint density at radius 3 is 2.64 bits per heavy atom. The molecule has 0 spiro atoms. The lowest BCUT2D eigenvalue weighted by Crippen LogP contribution is -2.33. The van der Waals surface area contributed by atoms with Crippen LogP contribution in [0.2, 0.25) is 0 Å². The first-order valence-electron chi connectivity index (χ1n) is 12.9. The molecule has 1 aliphatic rings. The van der Waals surface area contributed by atoms with Crippen LogP contribution in [0.25, 0.3) is 21.9 Å². The number of nitrogens with one attached hydrogen (secondary N) is 1. The van der Waals surface area contributed by atoms with Crippen LogP contribution in [0, 0.1) is 5.92 Å². The van der Waals surface area contributed by atoms with Gasteiger partial charge in [0.15, 0.2) is 5.79 Å². The number of aliphatic hydroxyl groups is 1. The molecule has 8 nitrogen and oxygen atoms in total. The van der Waals surface area contributed by atoms with Crippen molar-refractivity contribution >= 4 is 27.8 Å². The standard InChI is InChI=1S/C28H32F3N5O3/c1-27(2,37)39-23-14-18(13-22(23)36-11-10-20-25(36)33-16-34-26(20)38-3)5-4-17-6-7-19-8-9-24(35-21(19)12-17)32-15-28(29,30)31/h6-12,16,18,22-23,37H,4-5,13-15H2,1-3H3,(H,32,35)/t18-,22+,23+/m0/s1. The second-order valence-electron chi connectivity index (χ2n) is 10.6. The lowest BCUT2D eigenvalue weighted by Gasteiger charge is -2.28. The van der Waals surface area contributed by atoms with Gasteiger partial charge in [-0.25, -0.2) is 15.0 Å². The van der Waals surface area contributed by atoms with Crippen LogP contribution < -0.4 is 10.1 Å². The van der Waals surface area contributed by atoms with Crippen LogP contribution in [-0.4, -0.2) is 56.3 Å². The number of rotatable bonds is 9. The molecule has 2 N–H and O–H groups in total. The van der Waals surface area contributed by atoms with Gasteiger partial charge in [0.05, 0.1) is 30.2 Å². The third-order valence-electron chi connectivity index (χ3n) is 7.10. The highest BCUT2D eigenvalue weighted by molar-refractivity contribution is 5.82. The number of pyridine rings is 1. The van der Waals surface area contributed by atoms with E-state index in [4.69, 9.17) is 9.47 Å². The van der Waals surface area contributed by atoms with Gasteiger partial charge >= 0.3 is 6.18 Å². The number of alkyl halides is 3. The van der Waals surface area contributed by atoms with Gasteiger partial charge in [0, 0.05) is 11.6 Å². The topological polar surface area (TPSA) is 94.3 Å². The number of fused-ring (bicyclic) bond motifs is 2. The summed E-state index contributed by atoms with van der Waals surface area (Å²) in [6, 6.07) is 11.1. The van der Waals surface area contributed by atoms with Crippen LogP contribution >= 0.6 is 0 Å². The minimum Gasteiger partial charge on any atom is -0.480 e. The maximum Gasteiger partial charge on any atom is 0.405 e. The molecular formula is C28H32F3N5O3. The number of ether oxygens (including phenoxy) is 2. The predicted molar refractivity (Wildman–Crippen MR) is 142 cm³/mol. The Hall–Kier alpha value is -3.44. The molecule has 1 aromatic carbocycles. The van der Waals surface area contributed by atoms with E-state index in [-0.39, 0.29) is 18.0 Å². The summed E-state index contributed by atoms with van der Waals surface area (Å²) in [5.41, 5.74) is 2.47. The van der Waals surface area contributed by atoms with E-state index in [1.54, 1.807) is 33.1 Å². The first kappa shape index (κ1) is 27.1. The molecule has 208 valence electrons. The minimum absolute atomic E-state index is 0.0286. The SMILES string of the molecule is COc1ncnc2c1ccn2[C@@H]1C[C@H](CCc2ccc3ccc(NCC(F)(F)F)nc3c2)C[C@H]1OC(C)(C)O. The summed E-state index contributed by atoms with van der Waals surface area (Å²) >= 11 is 0. The Labute approximate surface area is 224 Å². The molecule has 0 amide bonds. The molecule has 5 rings (SSSR count). The number of aryl methyl sites for hydroxylation is 1. The number of nitrogens with zero attached hydrogens (tertiary/aromatic N) is 4. The van der Waals surface area contributed by atoms with E-state index in [1.807, 2.05) is 30.5 Å². The second kappa shape index (κ2) is 10.6. The summed E-state index contributed by atoms with van der Waals surface area (Å²) in [6.45, 7) is 2.14. The number of benzene rings is 1. The van der Waals surface area contributed by atoms with Crippen molar-refractivity contribution in [2.45, 2.75) is 63.6 Å². The quantitative estimate of drug-likeness (QED) is 0.263. The molecule has 3 aromatic heterocycles. The largest absolute Gasteiger partial charge is 0.480 e. The third-order valence-corrected chi connectivity index (χ3v) is 7.10. The van der Waals surface area contributed by atoms with E-state index in [1.165, 1.54) is 6.33 Å². The number of aromatic nitrogens is 4. The van der Waals surface area contributed by atoms with Gasteiger partial charge in [-0.05, 0) is 75.3 Å². The molecule has 3 heterocycles. The molecule has 0 saturated heterocycles. The van der Waals surface area contributed by atoms with E-state index in [2.05, 4.69) is 24.8 Å². The summed E-state index contributed by atoms with van der Waals surface area (Å²) in [5, 5.41) is 14.5. The van der Waals surface area contributed by atoms with Crippen LogP contribution in [0.3, 0.4) is 0 Å². The third kappa shape index (κ3) is 6.42. The molecule has 4 aromatic rings. The molecule has 1 saturated carbocycles. The van der Waals surface area contributed by atoms with Gasteiger partial charge in [-0.2, -0.15) is 13.2 Å². The maximum atomic E-state index is 12.6. The number of hydrogen-bond acceptors (Lipinski definition) is 7. The van der Waals surface area contributed by atoms with Crippen LogP contribution in [0.1, 0.15) is 44.7 Å². The Bertz CT molecular complexity index is 1450. The smallest absolute Gasteiger partial charge is 0.405 e. The monoisotopic (exact) mass is 543 g/mol. The summed E-state index contributed by atoms with van der Waals surface area (Å²) in [6.07, 6.45) is 2.21. The molecule has 11 heteroatoms. The van der Waals surface area contributed by atoms with Crippen molar-refractivity contribution in [2.24, 2.45) is 5.92 Å². The summed E-state index contributed by atoms with van der Waals surface area (Å²) in [4.78, 5) is 13.1. The van der Waals surface area contributed by atoms with E-state index < -0.39 is 18.5 Å². The van der Waals surface area contributed by atoms with Crippen molar-refractivity contribution in [3.63, 3.8) is 0 Å². The van der Waals surface area contributed by atoms with Crippen LogP contribution in [0.4, 0.5) is 19.0 Å². The Kier molecular flexibility index (Phi) is 7.39. The van der Waals surface area contributed by atoms with E-state index in [9.17, 15) is 18.3 Å². The Balaban J connectivity index is 1.32. The second-order valence-corrected chi connectivity index (χ2v) is 10.6. The zero-order valence-electron chi connectivity index (χ0n) is 22.1. The number of methoxy groups -OCH3 is 1. The van der Waals surface area contributed by atoms with Crippen molar-refractivity contribution in [1.82, 2.24) is 19.5 Å². The first-order valence-corrected chi connectivity index (χ1v) is 12.9. The van der Waals surface area contributed by atoms with E-state index >= 15 is 0 Å². The summed E-state index contributed by atoms with van der Waals surface area (Å²) in [7, 11) is 1.58. The minimum atomic E-state index is -4.31. The zero-order chi connectivity index (χ0) is 27.8. The van der Waals surface area contributed by atoms with Crippen molar-refractivity contribution < 1.29 is 27.8 Å². The molecule has 0 bridgehead atoms. The van der Waals surface area contributed by atoms with E-state index in [0.29, 0.717) is 17.3 Å². The highest BCUT2D eigenvalue weighted by atomic mass is 19.4. The predicted octanol–water partition coefficient (Wildman–Crippen LogP) is 5.66. The highest BCUT2D eigenvalue weighted by Crippen LogP contribution is 2.42. The molecule has 1 aliphatic carbocycles. The van der Waals surface area contributed by atoms with Crippen LogP contribution in [0.5, 0.6) is 5.88 Å². The molecule has 39 heavy (non-hydrogen) atoms. The van der Waals surface area contributed by atoms with Gasteiger partial charge in [0.2, 0.25) is 5.88 Å². The fourth-order valence-electron chi connectivity index (χ4n) is 5.46. The molecule has 0 unspecified atom stereocenters. The van der Waals surface area contributed by atoms with Crippen molar-refractivity contribution in [3.8, 4) is 5.88 Å². The highest BCUT2D eigenvalue weighted by Gasteiger charge is 2.39. The molecule has 0 radical (unpaired) electrons. The zero-order valence-corrected chi connectivity index (χ0v) is 22.1. The van der Waals surface area contributed by atoms with E-state index in [0.717, 1.165) is 47.7 Å². The number of anilines is 1. The van der Waals surface area contributed by atoms with Crippen LogP contribution in [0.15, 0.2) is 48.9 Å². The van der Waals surface area contributed by atoms with Gasteiger partial charge in [-0.3, -0.25) is 0 Å². The van der Waals surface area contributed by atoms with Crippen molar-refractivity contribution in [2.75, 3.05) is 19.0 Å². The molecule has 0 aliphatic heterocycles. The Morgan fingerprint density at radius 2 is 1.90 bits per heavy atom.